The average molecular weight is 228 g/mol. The summed E-state index contributed by atoms with van der Waals surface area (Å²) in [6, 6.07) is 7.76. The minimum absolute atomic E-state index is 0.642. The van der Waals surface area contributed by atoms with Crippen molar-refractivity contribution >= 4 is 11.4 Å². The molecule has 1 aromatic rings. The zero-order valence-electron chi connectivity index (χ0n) is 9.73. The second-order valence-electron chi connectivity index (χ2n) is 3.75. The van der Waals surface area contributed by atoms with Crippen molar-refractivity contribution in [3.8, 4) is 0 Å². The Labute approximate surface area is 101 Å². The highest BCUT2D eigenvalue weighted by molar-refractivity contribution is 5.59. The second-order valence-corrected chi connectivity index (χ2v) is 3.75. The van der Waals surface area contributed by atoms with Crippen molar-refractivity contribution in [2.45, 2.75) is 0 Å². The van der Waals surface area contributed by atoms with Crippen molar-refractivity contribution in [2.75, 3.05) is 23.8 Å². The third-order valence-corrected chi connectivity index (χ3v) is 2.70. The van der Waals surface area contributed by atoms with E-state index in [9.17, 15) is 0 Å². The Hall–Kier alpha value is -2.16. The summed E-state index contributed by atoms with van der Waals surface area (Å²) in [5, 5.41) is 0. The second kappa shape index (κ2) is 4.78. The molecule has 0 atom stereocenters. The van der Waals surface area contributed by atoms with Crippen LogP contribution in [0.4, 0.5) is 11.4 Å². The van der Waals surface area contributed by atoms with Crippen LogP contribution < -0.4 is 10.6 Å². The van der Waals surface area contributed by atoms with Crippen molar-refractivity contribution in [1.29, 1.82) is 0 Å². The quantitative estimate of drug-likeness (QED) is 0.808. The number of hydrogen-bond acceptors (Lipinski definition) is 3. The molecule has 0 saturated heterocycles. The third kappa shape index (κ3) is 2.18. The molecule has 0 saturated carbocycles. The lowest BCUT2D eigenvalue weighted by atomic mass is 10.2. The van der Waals surface area contributed by atoms with E-state index in [4.69, 9.17) is 10.5 Å². The van der Waals surface area contributed by atoms with Gasteiger partial charge in [-0.15, -0.1) is 0 Å². The third-order valence-electron chi connectivity index (χ3n) is 2.70. The Morgan fingerprint density at radius 3 is 2.47 bits per heavy atom. The lowest BCUT2D eigenvalue weighted by Gasteiger charge is -2.31. The molecule has 1 aliphatic rings. The Kier molecular flexibility index (Phi) is 3.19. The molecule has 1 heterocycles. The van der Waals surface area contributed by atoms with Crippen molar-refractivity contribution in [3.63, 3.8) is 0 Å². The Balaban J connectivity index is 2.40. The molecule has 17 heavy (non-hydrogen) atoms. The van der Waals surface area contributed by atoms with Gasteiger partial charge in [-0.1, -0.05) is 13.2 Å². The molecule has 2 rings (SSSR count). The Bertz CT molecular complexity index is 460. The summed E-state index contributed by atoms with van der Waals surface area (Å²) in [4.78, 5) is 2.15. The van der Waals surface area contributed by atoms with Crippen molar-refractivity contribution in [3.05, 3.63) is 61.0 Å². The highest BCUT2D eigenvalue weighted by Gasteiger charge is 2.18. The van der Waals surface area contributed by atoms with Gasteiger partial charge in [0, 0.05) is 11.4 Å². The molecule has 0 spiro atoms. The number of nitrogen functional groups attached to an aromatic ring is 1. The molecule has 1 aromatic carbocycles. The van der Waals surface area contributed by atoms with E-state index >= 15 is 0 Å². The first-order valence-electron chi connectivity index (χ1n) is 5.51. The van der Waals surface area contributed by atoms with Gasteiger partial charge in [0.05, 0.1) is 12.2 Å². The lowest BCUT2D eigenvalue weighted by molar-refractivity contribution is 0.215. The number of nitrogens with two attached hydrogens (primary N) is 1. The van der Waals surface area contributed by atoms with Gasteiger partial charge in [0.1, 0.15) is 12.4 Å². The molecule has 1 aliphatic heterocycles. The van der Waals surface area contributed by atoms with Gasteiger partial charge in [0.25, 0.3) is 0 Å². The molecule has 3 nitrogen and oxygen atoms in total. The molecule has 0 unspecified atom stereocenters. The van der Waals surface area contributed by atoms with Crippen LogP contribution in [0.3, 0.4) is 0 Å². The van der Waals surface area contributed by atoms with E-state index in [1.165, 1.54) is 0 Å². The summed E-state index contributed by atoms with van der Waals surface area (Å²) >= 11 is 0. The van der Waals surface area contributed by atoms with E-state index in [0.717, 1.165) is 29.4 Å². The maximum atomic E-state index is 5.69. The molecular weight excluding hydrogens is 212 g/mol. The minimum atomic E-state index is 0.642. The molecule has 0 aliphatic carbocycles. The van der Waals surface area contributed by atoms with E-state index in [-0.39, 0.29) is 0 Å². The zero-order chi connectivity index (χ0) is 12.3. The highest BCUT2D eigenvalue weighted by atomic mass is 16.5. The predicted octanol–water partition coefficient (Wildman–Crippen LogP) is 2.69. The highest BCUT2D eigenvalue weighted by Crippen LogP contribution is 2.26. The summed E-state index contributed by atoms with van der Waals surface area (Å²) in [6.07, 6.45) is 3.49. The topological polar surface area (TPSA) is 38.5 Å². The SMILES string of the molecule is C=CC1=C(C=C)N(c2ccc(N)cc2)CCO1. The first kappa shape index (κ1) is 11.3. The van der Waals surface area contributed by atoms with E-state index in [0.29, 0.717) is 6.61 Å². The number of benzene rings is 1. The summed E-state index contributed by atoms with van der Waals surface area (Å²) in [5.74, 6) is 0.767. The fourth-order valence-electron chi connectivity index (χ4n) is 1.87. The molecule has 0 radical (unpaired) electrons. The van der Waals surface area contributed by atoms with Crippen LogP contribution in [-0.4, -0.2) is 13.2 Å². The van der Waals surface area contributed by atoms with Crippen LogP contribution in [0.25, 0.3) is 0 Å². The van der Waals surface area contributed by atoms with Gasteiger partial charge in [-0.05, 0) is 36.4 Å². The molecule has 88 valence electrons. The zero-order valence-corrected chi connectivity index (χ0v) is 9.73. The fourth-order valence-corrected chi connectivity index (χ4v) is 1.87. The maximum Gasteiger partial charge on any atom is 0.142 e. The maximum absolute atomic E-state index is 5.69. The van der Waals surface area contributed by atoms with Crippen LogP contribution >= 0.6 is 0 Å². The Morgan fingerprint density at radius 2 is 1.88 bits per heavy atom. The van der Waals surface area contributed by atoms with Crippen LogP contribution in [0.15, 0.2) is 61.0 Å². The average Bonchev–Trinajstić information content (AvgIpc) is 2.38. The molecule has 0 bridgehead atoms. The van der Waals surface area contributed by atoms with Crippen LogP contribution in [0, 0.1) is 0 Å². The summed E-state index contributed by atoms with van der Waals surface area (Å²) < 4.78 is 5.53. The van der Waals surface area contributed by atoms with Gasteiger partial charge in [-0.3, -0.25) is 0 Å². The standard InChI is InChI=1S/C14H16N2O/c1-3-13-14(4-2)17-10-9-16(13)12-7-5-11(15)6-8-12/h3-8H,1-2,9-10,15H2. The van der Waals surface area contributed by atoms with E-state index in [1.54, 1.807) is 12.2 Å². The van der Waals surface area contributed by atoms with Crippen LogP contribution in [-0.2, 0) is 4.74 Å². The summed E-state index contributed by atoms with van der Waals surface area (Å²) in [5.41, 5.74) is 8.47. The number of allylic oxidation sites excluding steroid dienone is 2. The first-order chi connectivity index (χ1) is 8.26. The monoisotopic (exact) mass is 228 g/mol. The first-order valence-corrected chi connectivity index (χ1v) is 5.51. The van der Waals surface area contributed by atoms with Crippen molar-refractivity contribution in [2.24, 2.45) is 0 Å². The smallest absolute Gasteiger partial charge is 0.142 e. The van der Waals surface area contributed by atoms with Gasteiger partial charge in [-0.25, -0.2) is 0 Å². The van der Waals surface area contributed by atoms with Gasteiger partial charge < -0.3 is 15.4 Å². The summed E-state index contributed by atoms with van der Waals surface area (Å²) in [7, 11) is 0. The number of rotatable bonds is 3. The molecule has 0 amide bonds. The largest absolute Gasteiger partial charge is 0.490 e. The van der Waals surface area contributed by atoms with Gasteiger partial charge in [0.2, 0.25) is 0 Å². The normalized spacial score (nSPS) is 15.4. The van der Waals surface area contributed by atoms with E-state index in [1.807, 2.05) is 24.3 Å². The molecule has 0 fully saturated rings. The van der Waals surface area contributed by atoms with Crippen molar-refractivity contribution in [1.82, 2.24) is 0 Å². The fraction of sp³-hybridized carbons (Fsp3) is 0.143. The predicted molar refractivity (Wildman–Crippen MR) is 71.6 cm³/mol. The minimum Gasteiger partial charge on any atom is -0.490 e. The number of hydrogen-bond donors (Lipinski definition) is 1. The van der Waals surface area contributed by atoms with Gasteiger partial charge in [-0.2, -0.15) is 0 Å². The molecule has 0 aromatic heterocycles. The Morgan fingerprint density at radius 1 is 1.18 bits per heavy atom. The molecule has 2 N–H and O–H groups in total. The van der Waals surface area contributed by atoms with Crippen molar-refractivity contribution < 1.29 is 4.74 Å². The van der Waals surface area contributed by atoms with Gasteiger partial charge >= 0.3 is 0 Å². The van der Waals surface area contributed by atoms with Crippen LogP contribution in [0.5, 0.6) is 0 Å². The summed E-state index contributed by atoms with van der Waals surface area (Å²) in [6.45, 7) is 9.01. The van der Waals surface area contributed by atoms with E-state index in [2.05, 4.69) is 18.1 Å². The number of ether oxygens (including phenoxy) is 1. The number of nitrogens with zero attached hydrogens (tertiary/aromatic N) is 1. The van der Waals surface area contributed by atoms with E-state index < -0.39 is 0 Å². The lowest BCUT2D eigenvalue weighted by Crippen LogP contribution is -2.31. The van der Waals surface area contributed by atoms with Crippen LogP contribution in [0.2, 0.25) is 0 Å². The molecule has 3 heteroatoms. The molecular formula is C14H16N2O. The van der Waals surface area contributed by atoms with Gasteiger partial charge in [0.15, 0.2) is 0 Å². The number of anilines is 2. The van der Waals surface area contributed by atoms with Crippen LogP contribution in [0.1, 0.15) is 0 Å².